The van der Waals surface area contributed by atoms with Crippen LogP contribution in [0.1, 0.15) is 19.4 Å². The summed E-state index contributed by atoms with van der Waals surface area (Å²) in [5.41, 5.74) is 0.953. The number of sulfonamides is 1. The smallest absolute Gasteiger partial charge is 0.243 e. The molecule has 1 aromatic rings. The number of hydrogen-bond donors (Lipinski definition) is 0. The molecule has 18 heavy (non-hydrogen) atoms. The summed E-state index contributed by atoms with van der Waals surface area (Å²) >= 11 is 0. The number of hydrogen-bond acceptors (Lipinski definition) is 3. The minimum atomic E-state index is -3.33. The van der Waals surface area contributed by atoms with E-state index in [0.29, 0.717) is 31.2 Å². The second-order valence-electron chi connectivity index (χ2n) is 3.83. The summed E-state index contributed by atoms with van der Waals surface area (Å²) in [5.74, 6) is 0. The first kappa shape index (κ1) is 15.1. The van der Waals surface area contributed by atoms with Gasteiger partial charge in [-0.2, -0.15) is 4.31 Å². The van der Waals surface area contributed by atoms with Crippen molar-refractivity contribution < 1.29 is 13.2 Å². The average Bonchev–Trinajstić information content (AvgIpc) is 2.42. The standard InChI is InChI=1S/C11H15NO3S.C2H6/c1-10-3-2-4-11(9-10)16(13,14)12-5-7-15-8-6-12;1-2/h2-4,9H,5-8H2,1H3;1-2H3. The molecule has 1 aliphatic heterocycles. The Kier molecular flexibility index (Phi) is 5.78. The zero-order valence-corrected chi connectivity index (χ0v) is 12.0. The maximum absolute atomic E-state index is 12.2. The quantitative estimate of drug-likeness (QED) is 0.827. The van der Waals surface area contributed by atoms with Crippen LogP contribution in [0.5, 0.6) is 0 Å². The lowest BCUT2D eigenvalue weighted by Crippen LogP contribution is -2.40. The topological polar surface area (TPSA) is 46.6 Å². The first-order valence-corrected chi connectivity index (χ1v) is 7.69. The van der Waals surface area contributed by atoms with Crippen molar-refractivity contribution >= 4 is 10.0 Å². The third-order valence-electron chi connectivity index (χ3n) is 2.60. The van der Waals surface area contributed by atoms with E-state index in [2.05, 4.69) is 0 Å². The molecule has 0 aliphatic carbocycles. The van der Waals surface area contributed by atoms with Gasteiger partial charge in [-0.05, 0) is 24.6 Å². The summed E-state index contributed by atoms with van der Waals surface area (Å²) in [5, 5.41) is 0. The molecule has 1 heterocycles. The van der Waals surface area contributed by atoms with Crippen LogP contribution in [0.15, 0.2) is 29.2 Å². The Hall–Kier alpha value is -0.910. The highest BCUT2D eigenvalue weighted by Gasteiger charge is 2.25. The molecule has 0 N–H and O–H groups in total. The van der Waals surface area contributed by atoms with Crippen molar-refractivity contribution in [3.8, 4) is 0 Å². The molecule has 5 heteroatoms. The van der Waals surface area contributed by atoms with E-state index in [-0.39, 0.29) is 0 Å². The molecule has 1 saturated heterocycles. The lowest BCUT2D eigenvalue weighted by molar-refractivity contribution is 0.0730. The van der Waals surface area contributed by atoms with E-state index < -0.39 is 10.0 Å². The molecule has 1 aliphatic rings. The normalized spacial score (nSPS) is 16.8. The Morgan fingerprint density at radius 1 is 1.17 bits per heavy atom. The Bertz CT molecular complexity index is 465. The van der Waals surface area contributed by atoms with Crippen molar-refractivity contribution in [2.75, 3.05) is 26.3 Å². The minimum Gasteiger partial charge on any atom is -0.379 e. The number of ether oxygens (including phenoxy) is 1. The van der Waals surface area contributed by atoms with Crippen molar-refractivity contribution in [3.05, 3.63) is 29.8 Å². The van der Waals surface area contributed by atoms with Crippen molar-refractivity contribution in [2.24, 2.45) is 0 Å². The monoisotopic (exact) mass is 271 g/mol. The number of morpholine rings is 1. The molecule has 0 amide bonds. The van der Waals surface area contributed by atoms with E-state index in [1.807, 2.05) is 26.8 Å². The van der Waals surface area contributed by atoms with Crippen molar-refractivity contribution in [3.63, 3.8) is 0 Å². The SMILES string of the molecule is CC.Cc1cccc(S(=O)(=O)N2CCOCC2)c1. The van der Waals surface area contributed by atoms with Crippen LogP contribution in [-0.4, -0.2) is 39.0 Å². The van der Waals surface area contributed by atoms with E-state index in [1.165, 1.54) is 4.31 Å². The maximum Gasteiger partial charge on any atom is 0.243 e. The third kappa shape index (κ3) is 3.54. The van der Waals surface area contributed by atoms with Crippen LogP contribution in [0.25, 0.3) is 0 Å². The van der Waals surface area contributed by atoms with Gasteiger partial charge < -0.3 is 4.74 Å². The molecule has 0 aromatic heterocycles. The van der Waals surface area contributed by atoms with Gasteiger partial charge in [0.05, 0.1) is 18.1 Å². The van der Waals surface area contributed by atoms with Gasteiger partial charge in [0.2, 0.25) is 10.0 Å². The summed E-state index contributed by atoms with van der Waals surface area (Å²) in [6, 6.07) is 6.99. The Labute approximate surface area is 110 Å². The highest BCUT2D eigenvalue weighted by Crippen LogP contribution is 2.17. The van der Waals surface area contributed by atoms with Crippen LogP contribution >= 0.6 is 0 Å². The van der Waals surface area contributed by atoms with Gasteiger partial charge in [0.25, 0.3) is 0 Å². The summed E-state index contributed by atoms with van der Waals surface area (Å²) < 4.78 is 31.0. The predicted molar refractivity (Wildman–Crippen MR) is 72.1 cm³/mol. The molecule has 0 bridgehead atoms. The molecular weight excluding hydrogens is 250 g/mol. The third-order valence-corrected chi connectivity index (χ3v) is 4.49. The minimum absolute atomic E-state index is 0.370. The molecule has 2 rings (SSSR count). The molecule has 1 aromatic carbocycles. The molecule has 0 spiro atoms. The van der Waals surface area contributed by atoms with Gasteiger partial charge in [-0.3, -0.25) is 0 Å². The van der Waals surface area contributed by atoms with Gasteiger partial charge in [-0.15, -0.1) is 0 Å². The second kappa shape index (κ2) is 6.87. The summed E-state index contributed by atoms with van der Waals surface area (Å²) in [6.45, 7) is 7.72. The predicted octanol–water partition coefficient (Wildman–Crippen LogP) is 2.04. The Morgan fingerprint density at radius 2 is 1.78 bits per heavy atom. The molecular formula is C13H21NO3S. The van der Waals surface area contributed by atoms with E-state index in [9.17, 15) is 8.42 Å². The van der Waals surface area contributed by atoms with Gasteiger partial charge in [0.15, 0.2) is 0 Å². The van der Waals surface area contributed by atoms with Crippen LogP contribution in [0.4, 0.5) is 0 Å². The molecule has 4 nitrogen and oxygen atoms in total. The summed E-state index contributed by atoms with van der Waals surface area (Å²) in [4.78, 5) is 0.370. The van der Waals surface area contributed by atoms with Crippen molar-refractivity contribution in [2.45, 2.75) is 25.7 Å². The molecule has 0 saturated carbocycles. The van der Waals surface area contributed by atoms with Gasteiger partial charge in [-0.1, -0.05) is 26.0 Å². The number of benzene rings is 1. The van der Waals surface area contributed by atoms with Crippen molar-refractivity contribution in [1.82, 2.24) is 4.31 Å². The average molecular weight is 271 g/mol. The maximum atomic E-state index is 12.2. The Morgan fingerprint density at radius 3 is 2.33 bits per heavy atom. The number of rotatable bonds is 2. The van der Waals surface area contributed by atoms with Crippen LogP contribution in [0.2, 0.25) is 0 Å². The highest BCUT2D eigenvalue weighted by molar-refractivity contribution is 7.89. The zero-order chi connectivity index (χ0) is 13.6. The fourth-order valence-electron chi connectivity index (χ4n) is 1.71. The van der Waals surface area contributed by atoms with Gasteiger partial charge in [0, 0.05) is 13.1 Å². The first-order chi connectivity index (χ1) is 8.60. The summed E-state index contributed by atoms with van der Waals surface area (Å²) in [6.07, 6.45) is 0. The summed E-state index contributed by atoms with van der Waals surface area (Å²) in [7, 11) is -3.33. The molecule has 0 atom stereocenters. The van der Waals surface area contributed by atoms with Crippen LogP contribution in [-0.2, 0) is 14.8 Å². The Balaban J connectivity index is 0.000000771. The lowest BCUT2D eigenvalue weighted by Gasteiger charge is -2.26. The molecule has 0 radical (unpaired) electrons. The van der Waals surface area contributed by atoms with Gasteiger partial charge >= 0.3 is 0 Å². The fraction of sp³-hybridized carbons (Fsp3) is 0.538. The molecule has 1 fully saturated rings. The second-order valence-corrected chi connectivity index (χ2v) is 5.77. The zero-order valence-electron chi connectivity index (χ0n) is 11.2. The van der Waals surface area contributed by atoms with E-state index in [1.54, 1.807) is 18.2 Å². The van der Waals surface area contributed by atoms with E-state index >= 15 is 0 Å². The van der Waals surface area contributed by atoms with Crippen molar-refractivity contribution in [1.29, 1.82) is 0 Å². The van der Waals surface area contributed by atoms with Gasteiger partial charge in [0.1, 0.15) is 0 Å². The molecule has 102 valence electrons. The first-order valence-electron chi connectivity index (χ1n) is 6.25. The van der Waals surface area contributed by atoms with Gasteiger partial charge in [-0.25, -0.2) is 8.42 Å². The highest BCUT2D eigenvalue weighted by atomic mass is 32.2. The van der Waals surface area contributed by atoms with Crippen LogP contribution in [0, 0.1) is 6.92 Å². The largest absolute Gasteiger partial charge is 0.379 e. The number of nitrogens with zero attached hydrogens (tertiary/aromatic N) is 1. The van der Waals surface area contributed by atoms with Crippen LogP contribution in [0.3, 0.4) is 0 Å². The molecule has 0 unspecified atom stereocenters. The fourth-order valence-corrected chi connectivity index (χ4v) is 3.23. The van der Waals surface area contributed by atoms with Crippen LogP contribution < -0.4 is 0 Å². The van der Waals surface area contributed by atoms with E-state index in [4.69, 9.17) is 4.74 Å². The van der Waals surface area contributed by atoms with E-state index in [0.717, 1.165) is 5.56 Å². The number of aryl methyl sites for hydroxylation is 1. The lowest BCUT2D eigenvalue weighted by atomic mass is 10.2.